The third kappa shape index (κ3) is 4.29. The van der Waals surface area contributed by atoms with Gasteiger partial charge in [-0.3, -0.25) is 0 Å². The zero-order chi connectivity index (χ0) is 25.7. The minimum Gasteiger partial charge on any atom is -0.490 e. The number of rotatable bonds is 7. The molecule has 6 rings (SSSR count). The minimum atomic E-state index is -0.313. The number of ether oxygens (including phenoxy) is 5. The molecule has 4 saturated carbocycles. The van der Waals surface area contributed by atoms with Gasteiger partial charge in [0.1, 0.15) is 19.1 Å². The summed E-state index contributed by atoms with van der Waals surface area (Å²) in [4.78, 5) is 0. The predicted molar refractivity (Wildman–Crippen MR) is 143 cm³/mol. The first-order chi connectivity index (χ1) is 17.9. The Bertz CT molecular complexity index is 954. The highest BCUT2D eigenvalue weighted by Crippen LogP contribution is 2.70. The lowest BCUT2D eigenvalue weighted by molar-refractivity contribution is -0.234. The quantitative estimate of drug-likeness (QED) is 0.301. The van der Waals surface area contributed by atoms with Crippen molar-refractivity contribution in [1.82, 2.24) is 0 Å². The highest BCUT2D eigenvalue weighted by molar-refractivity contribution is 5.32. The first kappa shape index (κ1) is 25.9. The smallest absolute Gasteiger partial charge is 0.168 e. The first-order valence-corrected chi connectivity index (χ1v) is 14.6. The van der Waals surface area contributed by atoms with Gasteiger partial charge in [0.15, 0.2) is 5.79 Å². The maximum absolute atomic E-state index is 6.36. The molecule has 0 amide bonds. The van der Waals surface area contributed by atoms with Crippen molar-refractivity contribution in [2.45, 2.75) is 83.0 Å². The monoisotopic (exact) mass is 510 g/mol. The Hall–Kier alpha value is -1.40. The van der Waals surface area contributed by atoms with Crippen LogP contribution < -0.4 is 4.74 Å². The van der Waals surface area contributed by atoms with Crippen LogP contribution in [0.5, 0.6) is 5.75 Å². The molecule has 1 aromatic carbocycles. The molecule has 1 aliphatic heterocycles. The van der Waals surface area contributed by atoms with Crippen LogP contribution in [-0.4, -0.2) is 45.6 Å². The molecule has 1 saturated heterocycles. The van der Waals surface area contributed by atoms with E-state index in [0.29, 0.717) is 36.6 Å². The largest absolute Gasteiger partial charge is 0.490 e. The highest BCUT2D eigenvalue weighted by atomic mass is 16.7. The van der Waals surface area contributed by atoms with E-state index in [4.69, 9.17) is 23.7 Å². The summed E-state index contributed by atoms with van der Waals surface area (Å²) in [5.74, 6) is 3.90. The minimum absolute atomic E-state index is 0.180. The van der Waals surface area contributed by atoms with Gasteiger partial charge >= 0.3 is 0 Å². The summed E-state index contributed by atoms with van der Waals surface area (Å²) in [6.07, 6.45) is 11.6. The molecular weight excluding hydrogens is 464 g/mol. The molecule has 5 nitrogen and oxygen atoms in total. The summed E-state index contributed by atoms with van der Waals surface area (Å²) in [6, 6.07) is 9.00. The summed E-state index contributed by atoms with van der Waals surface area (Å²) in [5, 5.41) is 0. The van der Waals surface area contributed by atoms with Crippen molar-refractivity contribution < 1.29 is 23.7 Å². The lowest BCUT2D eigenvalue weighted by Crippen LogP contribution is -2.58. The van der Waals surface area contributed by atoms with Gasteiger partial charge in [-0.2, -0.15) is 0 Å². The molecule has 37 heavy (non-hydrogen) atoms. The van der Waals surface area contributed by atoms with Gasteiger partial charge in [0.05, 0.1) is 19.3 Å². The zero-order valence-corrected chi connectivity index (χ0v) is 23.1. The van der Waals surface area contributed by atoms with Crippen molar-refractivity contribution in [3.05, 3.63) is 42.5 Å². The van der Waals surface area contributed by atoms with Crippen LogP contribution in [0.2, 0.25) is 0 Å². The van der Waals surface area contributed by atoms with Crippen LogP contribution in [0.1, 0.15) is 76.7 Å². The number of methoxy groups -OCH3 is 1. The highest BCUT2D eigenvalue weighted by Gasteiger charge is 2.65. The SMILES string of the molecule is C=CCOc1ccc([C@H]2C[C@]3(C)[C@@H](OCOC)CC[C@H]3[C@@H]3CC[C@H]4CC5(CC[C@]4(C)[C@H]32)OCCO5)cc1. The van der Waals surface area contributed by atoms with Gasteiger partial charge in [-0.15, -0.1) is 0 Å². The second-order valence-corrected chi connectivity index (χ2v) is 13.0. The molecule has 0 unspecified atom stereocenters. The number of fused-ring (bicyclic) bond motifs is 5. The van der Waals surface area contributed by atoms with E-state index in [-0.39, 0.29) is 17.3 Å². The fourth-order valence-corrected chi connectivity index (χ4v) is 9.81. The molecule has 5 fully saturated rings. The normalized spacial score (nSPS) is 42.1. The number of hydrogen-bond acceptors (Lipinski definition) is 5. The standard InChI is InChI=1S/C32H46O5/c1-5-16-34-24-9-6-22(7-10-24)26-20-31(3)27(12-13-28(31)35-21-33-4)25-11-8-23-19-32(36-17-18-37-32)15-14-30(23,2)29(25)26/h5-7,9-10,23,25-29H,1,8,11-21H2,2-4H3/t23-,25-,26+,27-,28-,29+,30-,31-/m0/s1. The van der Waals surface area contributed by atoms with Crippen LogP contribution in [0, 0.1) is 34.5 Å². The summed E-state index contributed by atoms with van der Waals surface area (Å²) >= 11 is 0. The van der Waals surface area contributed by atoms with Gasteiger partial charge in [0.25, 0.3) is 0 Å². The maximum atomic E-state index is 6.36. The second-order valence-electron chi connectivity index (χ2n) is 13.0. The molecule has 1 heterocycles. The Morgan fingerprint density at radius 1 is 0.973 bits per heavy atom. The van der Waals surface area contributed by atoms with E-state index in [9.17, 15) is 0 Å². The summed E-state index contributed by atoms with van der Waals surface area (Å²) < 4.78 is 30.0. The molecular formula is C32H46O5. The molecule has 0 N–H and O–H groups in total. The fourth-order valence-electron chi connectivity index (χ4n) is 9.81. The molecule has 1 spiro atoms. The topological polar surface area (TPSA) is 46.2 Å². The fraction of sp³-hybridized carbons (Fsp3) is 0.750. The van der Waals surface area contributed by atoms with Crippen molar-refractivity contribution >= 4 is 0 Å². The summed E-state index contributed by atoms with van der Waals surface area (Å²) in [6.45, 7) is 11.4. The van der Waals surface area contributed by atoms with Crippen molar-refractivity contribution in [2.24, 2.45) is 34.5 Å². The van der Waals surface area contributed by atoms with Crippen molar-refractivity contribution in [3.63, 3.8) is 0 Å². The maximum Gasteiger partial charge on any atom is 0.168 e. The Labute approximate surface area is 223 Å². The van der Waals surface area contributed by atoms with E-state index in [1.54, 1.807) is 13.2 Å². The van der Waals surface area contributed by atoms with Gasteiger partial charge in [-0.05, 0) is 96.6 Å². The third-order valence-corrected chi connectivity index (χ3v) is 11.4. The average molecular weight is 511 g/mol. The van der Waals surface area contributed by atoms with E-state index in [1.807, 2.05) is 0 Å². The lowest BCUT2D eigenvalue weighted by Gasteiger charge is -2.64. The Morgan fingerprint density at radius 3 is 2.49 bits per heavy atom. The average Bonchev–Trinajstić information content (AvgIpc) is 3.50. The third-order valence-electron chi connectivity index (χ3n) is 11.4. The molecule has 204 valence electrons. The summed E-state index contributed by atoms with van der Waals surface area (Å²) in [7, 11) is 1.74. The van der Waals surface area contributed by atoms with Crippen LogP contribution in [0.3, 0.4) is 0 Å². The molecule has 5 heteroatoms. The van der Waals surface area contributed by atoms with Gasteiger partial charge in [0, 0.05) is 20.0 Å². The van der Waals surface area contributed by atoms with Crippen molar-refractivity contribution in [1.29, 1.82) is 0 Å². The van der Waals surface area contributed by atoms with E-state index in [0.717, 1.165) is 50.1 Å². The van der Waals surface area contributed by atoms with Crippen LogP contribution in [0.15, 0.2) is 36.9 Å². The Kier molecular flexibility index (Phi) is 6.97. The molecule has 1 aromatic rings. The Balaban J connectivity index is 1.35. The molecule has 0 aromatic heterocycles. The molecule has 8 atom stereocenters. The molecule has 0 bridgehead atoms. The van der Waals surface area contributed by atoms with Crippen LogP contribution in [0.4, 0.5) is 0 Å². The van der Waals surface area contributed by atoms with Gasteiger partial charge in [-0.1, -0.05) is 38.6 Å². The second kappa shape index (κ2) is 9.97. The van der Waals surface area contributed by atoms with Gasteiger partial charge in [-0.25, -0.2) is 0 Å². The van der Waals surface area contributed by atoms with Crippen LogP contribution in [0.25, 0.3) is 0 Å². The van der Waals surface area contributed by atoms with Gasteiger partial charge in [0.2, 0.25) is 0 Å². The zero-order valence-electron chi connectivity index (χ0n) is 23.1. The molecule has 4 aliphatic carbocycles. The van der Waals surface area contributed by atoms with Crippen LogP contribution >= 0.6 is 0 Å². The van der Waals surface area contributed by atoms with Crippen LogP contribution in [-0.2, 0) is 18.9 Å². The van der Waals surface area contributed by atoms with E-state index < -0.39 is 0 Å². The van der Waals surface area contributed by atoms with E-state index >= 15 is 0 Å². The number of hydrogen-bond donors (Lipinski definition) is 0. The van der Waals surface area contributed by atoms with E-state index in [1.165, 1.54) is 37.7 Å². The summed E-state index contributed by atoms with van der Waals surface area (Å²) in [5.41, 5.74) is 1.95. The van der Waals surface area contributed by atoms with Crippen molar-refractivity contribution in [2.75, 3.05) is 33.7 Å². The van der Waals surface area contributed by atoms with E-state index in [2.05, 4.69) is 44.7 Å². The van der Waals surface area contributed by atoms with Gasteiger partial charge < -0.3 is 23.7 Å². The molecule has 0 radical (unpaired) electrons. The molecule has 5 aliphatic rings. The Morgan fingerprint density at radius 2 is 1.76 bits per heavy atom. The predicted octanol–water partition coefficient (Wildman–Crippen LogP) is 6.72. The number of benzene rings is 1. The first-order valence-electron chi connectivity index (χ1n) is 14.6. The lowest BCUT2D eigenvalue weighted by atomic mass is 9.41. The van der Waals surface area contributed by atoms with Crippen molar-refractivity contribution in [3.8, 4) is 5.75 Å².